The topological polar surface area (TPSA) is 71.5 Å². The molecule has 2 rings (SSSR count). The monoisotopic (exact) mass is 277 g/mol. The third-order valence-corrected chi connectivity index (χ3v) is 3.15. The highest BCUT2D eigenvalue weighted by Crippen LogP contribution is 2.09. The van der Waals surface area contributed by atoms with Crippen LogP contribution in [0.15, 0.2) is 18.3 Å². The summed E-state index contributed by atoms with van der Waals surface area (Å²) in [4.78, 5) is 29.2. The van der Waals surface area contributed by atoms with Crippen LogP contribution in [0.3, 0.4) is 0 Å². The molecule has 0 aliphatic carbocycles. The summed E-state index contributed by atoms with van der Waals surface area (Å²) < 4.78 is 4.87. The van der Waals surface area contributed by atoms with E-state index >= 15 is 0 Å². The predicted molar refractivity (Wildman–Crippen MR) is 74.5 cm³/mol. The lowest BCUT2D eigenvalue weighted by Gasteiger charge is -2.15. The van der Waals surface area contributed by atoms with E-state index in [9.17, 15) is 9.59 Å². The van der Waals surface area contributed by atoms with Gasteiger partial charge in [-0.1, -0.05) is 0 Å². The van der Waals surface area contributed by atoms with Crippen LogP contribution in [-0.4, -0.2) is 48.0 Å². The number of pyridine rings is 1. The van der Waals surface area contributed by atoms with Crippen LogP contribution in [0.2, 0.25) is 0 Å². The Hall–Kier alpha value is -2.11. The molecule has 0 bridgehead atoms. The molecule has 6 heteroatoms. The quantitative estimate of drug-likeness (QED) is 0.821. The molecule has 1 aliphatic rings. The van der Waals surface area contributed by atoms with Crippen molar-refractivity contribution in [1.29, 1.82) is 0 Å². The molecule has 1 aliphatic heterocycles. The minimum atomic E-state index is -0.389. The Morgan fingerprint density at radius 3 is 2.70 bits per heavy atom. The standard InChI is InChI=1S/C14H19N3O3/c1-2-20-14(19)11-5-6-12(15-9-11)16-10-13(18)17-7-3-4-8-17/h5-6,9H,2-4,7-8,10H2,1H3,(H,15,16). The highest BCUT2D eigenvalue weighted by atomic mass is 16.5. The SMILES string of the molecule is CCOC(=O)c1ccc(NCC(=O)N2CCCC2)nc1. The van der Waals surface area contributed by atoms with Gasteiger partial charge >= 0.3 is 5.97 Å². The normalized spacial score (nSPS) is 14.2. The molecular formula is C14H19N3O3. The van der Waals surface area contributed by atoms with Crippen molar-refractivity contribution in [2.75, 3.05) is 31.6 Å². The van der Waals surface area contributed by atoms with Gasteiger partial charge in [-0.15, -0.1) is 0 Å². The van der Waals surface area contributed by atoms with Gasteiger partial charge in [0.1, 0.15) is 5.82 Å². The number of hydrogen-bond acceptors (Lipinski definition) is 5. The number of carbonyl (C=O) groups is 2. The van der Waals surface area contributed by atoms with Gasteiger partial charge in [0.2, 0.25) is 5.91 Å². The van der Waals surface area contributed by atoms with Gasteiger partial charge in [-0.25, -0.2) is 9.78 Å². The molecule has 0 atom stereocenters. The molecule has 108 valence electrons. The molecule has 0 spiro atoms. The zero-order chi connectivity index (χ0) is 14.4. The lowest BCUT2D eigenvalue weighted by molar-refractivity contribution is -0.128. The zero-order valence-corrected chi connectivity index (χ0v) is 11.6. The summed E-state index contributed by atoms with van der Waals surface area (Å²) in [5, 5.41) is 2.97. The first-order chi connectivity index (χ1) is 9.70. The molecule has 0 radical (unpaired) electrons. The smallest absolute Gasteiger partial charge is 0.339 e. The van der Waals surface area contributed by atoms with E-state index in [4.69, 9.17) is 4.74 Å². The van der Waals surface area contributed by atoms with Crippen molar-refractivity contribution in [3.8, 4) is 0 Å². The van der Waals surface area contributed by atoms with E-state index in [1.54, 1.807) is 19.1 Å². The first-order valence-electron chi connectivity index (χ1n) is 6.85. The van der Waals surface area contributed by atoms with E-state index in [-0.39, 0.29) is 18.4 Å². The number of nitrogens with zero attached hydrogens (tertiary/aromatic N) is 2. The molecule has 1 amide bonds. The van der Waals surface area contributed by atoms with Gasteiger partial charge in [0.25, 0.3) is 0 Å². The Morgan fingerprint density at radius 1 is 1.35 bits per heavy atom. The maximum atomic E-state index is 11.8. The number of anilines is 1. The van der Waals surface area contributed by atoms with Gasteiger partial charge in [-0.05, 0) is 31.9 Å². The molecule has 0 unspecified atom stereocenters. The number of nitrogens with one attached hydrogen (secondary N) is 1. The van der Waals surface area contributed by atoms with Gasteiger partial charge in [-0.3, -0.25) is 4.79 Å². The maximum Gasteiger partial charge on any atom is 0.339 e. The minimum Gasteiger partial charge on any atom is -0.462 e. The molecular weight excluding hydrogens is 258 g/mol. The predicted octanol–water partition coefficient (Wildman–Crippen LogP) is 1.29. The van der Waals surface area contributed by atoms with E-state index in [1.807, 2.05) is 4.90 Å². The van der Waals surface area contributed by atoms with E-state index in [0.29, 0.717) is 18.0 Å². The first-order valence-corrected chi connectivity index (χ1v) is 6.85. The highest BCUT2D eigenvalue weighted by Gasteiger charge is 2.17. The fourth-order valence-corrected chi connectivity index (χ4v) is 2.08. The van der Waals surface area contributed by atoms with Gasteiger partial charge < -0.3 is 15.0 Å². The Kier molecular flexibility index (Phi) is 4.92. The van der Waals surface area contributed by atoms with Gasteiger partial charge in [0.15, 0.2) is 0 Å². The summed E-state index contributed by atoms with van der Waals surface area (Å²) in [5.74, 6) is 0.268. The van der Waals surface area contributed by atoms with Crippen LogP contribution in [0.5, 0.6) is 0 Å². The van der Waals surface area contributed by atoms with Crippen LogP contribution in [0.25, 0.3) is 0 Å². The fraction of sp³-hybridized carbons (Fsp3) is 0.500. The Morgan fingerprint density at radius 2 is 2.10 bits per heavy atom. The van der Waals surface area contributed by atoms with Gasteiger partial charge in [0, 0.05) is 19.3 Å². The van der Waals surface area contributed by atoms with Crippen molar-refractivity contribution in [2.24, 2.45) is 0 Å². The minimum absolute atomic E-state index is 0.0822. The number of ether oxygens (including phenoxy) is 1. The number of hydrogen-bond donors (Lipinski definition) is 1. The second kappa shape index (κ2) is 6.88. The molecule has 1 aromatic rings. The van der Waals surface area contributed by atoms with E-state index < -0.39 is 0 Å². The third-order valence-electron chi connectivity index (χ3n) is 3.15. The molecule has 1 fully saturated rings. The molecule has 1 N–H and O–H groups in total. The van der Waals surface area contributed by atoms with Gasteiger partial charge in [0.05, 0.1) is 18.7 Å². The Labute approximate surface area is 118 Å². The molecule has 20 heavy (non-hydrogen) atoms. The van der Waals surface area contributed by atoms with Gasteiger partial charge in [-0.2, -0.15) is 0 Å². The number of amides is 1. The van der Waals surface area contributed by atoms with E-state index in [0.717, 1.165) is 25.9 Å². The van der Waals surface area contributed by atoms with Crippen molar-refractivity contribution in [2.45, 2.75) is 19.8 Å². The number of carbonyl (C=O) groups excluding carboxylic acids is 2. The lowest BCUT2D eigenvalue weighted by Crippen LogP contribution is -2.33. The highest BCUT2D eigenvalue weighted by molar-refractivity contribution is 5.89. The Balaban J connectivity index is 1.84. The second-order valence-electron chi connectivity index (χ2n) is 4.59. The Bertz CT molecular complexity index is 467. The van der Waals surface area contributed by atoms with Crippen LogP contribution < -0.4 is 5.32 Å². The first kappa shape index (κ1) is 14.3. The summed E-state index contributed by atoms with van der Waals surface area (Å²) in [6, 6.07) is 3.30. The number of esters is 1. The van der Waals surface area contributed by atoms with Crippen molar-refractivity contribution >= 4 is 17.7 Å². The van der Waals surface area contributed by atoms with E-state index in [1.165, 1.54) is 6.20 Å². The maximum absolute atomic E-state index is 11.8. The number of rotatable bonds is 5. The molecule has 0 saturated carbocycles. The van der Waals surface area contributed by atoms with Crippen LogP contribution in [0, 0.1) is 0 Å². The molecule has 2 heterocycles. The molecule has 1 aromatic heterocycles. The third kappa shape index (κ3) is 3.69. The molecule has 1 saturated heterocycles. The zero-order valence-electron chi connectivity index (χ0n) is 11.6. The fourth-order valence-electron chi connectivity index (χ4n) is 2.08. The summed E-state index contributed by atoms with van der Waals surface area (Å²) in [5.41, 5.74) is 0.406. The number of likely N-dealkylation sites (tertiary alicyclic amines) is 1. The summed E-state index contributed by atoms with van der Waals surface area (Å²) in [6.45, 7) is 4.01. The van der Waals surface area contributed by atoms with Crippen LogP contribution >= 0.6 is 0 Å². The average Bonchev–Trinajstić information content (AvgIpc) is 3.00. The molecule has 0 aromatic carbocycles. The van der Waals surface area contributed by atoms with Crippen molar-refractivity contribution in [3.63, 3.8) is 0 Å². The van der Waals surface area contributed by atoms with Crippen LogP contribution in [0.4, 0.5) is 5.82 Å². The average molecular weight is 277 g/mol. The summed E-state index contributed by atoms with van der Waals surface area (Å²) in [7, 11) is 0. The van der Waals surface area contributed by atoms with Crippen LogP contribution in [-0.2, 0) is 9.53 Å². The summed E-state index contributed by atoms with van der Waals surface area (Å²) >= 11 is 0. The second-order valence-corrected chi connectivity index (χ2v) is 4.59. The summed E-state index contributed by atoms with van der Waals surface area (Å²) in [6.07, 6.45) is 3.61. The largest absolute Gasteiger partial charge is 0.462 e. The van der Waals surface area contributed by atoms with E-state index in [2.05, 4.69) is 10.3 Å². The lowest BCUT2D eigenvalue weighted by atomic mass is 10.3. The molecule has 6 nitrogen and oxygen atoms in total. The van der Waals surface area contributed by atoms with Crippen LogP contribution in [0.1, 0.15) is 30.1 Å². The van der Waals surface area contributed by atoms with Crippen molar-refractivity contribution in [1.82, 2.24) is 9.88 Å². The van der Waals surface area contributed by atoms with Crippen molar-refractivity contribution < 1.29 is 14.3 Å². The number of aromatic nitrogens is 1. The van der Waals surface area contributed by atoms with Crippen molar-refractivity contribution in [3.05, 3.63) is 23.9 Å².